The predicted octanol–water partition coefficient (Wildman–Crippen LogP) is 2.80. The van der Waals surface area contributed by atoms with Gasteiger partial charge in [-0.1, -0.05) is 0 Å². The molecule has 0 radical (unpaired) electrons. The number of furan rings is 1. The van der Waals surface area contributed by atoms with Crippen molar-refractivity contribution in [3.05, 3.63) is 59.6 Å². The fraction of sp³-hybridized carbons (Fsp3) is 0.167. The molecule has 0 spiro atoms. The molecule has 1 atom stereocenters. The third-order valence-electron chi connectivity index (χ3n) is 2.35. The van der Waals surface area contributed by atoms with Crippen LogP contribution >= 0.6 is 0 Å². The second-order valence-corrected chi connectivity index (χ2v) is 3.64. The van der Waals surface area contributed by atoms with Crippen molar-refractivity contribution in [2.24, 2.45) is 5.73 Å². The van der Waals surface area contributed by atoms with Gasteiger partial charge in [0.25, 0.3) is 0 Å². The van der Waals surface area contributed by atoms with Crippen LogP contribution in [0.1, 0.15) is 17.2 Å². The standard InChI is InChI=1S/C12H11F2NO/c13-10-4-9(5-11(14)6-10)12(15)3-8-1-2-16-7-8/h1-2,4-7,12H,3,15H2. The van der Waals surface area contributed by atoms with Crippen LogP contribution in [0, 0.1) is 11.6 Å². The van der Waals surface area contributed by atoms with Gasteiger partial charge in [0, 0.05) is 12.1 Å². The van der Waals surface area contributed by atoms with Gasteiger partial charge in [0.05, 0.1) is 12.5 Å². The van der Waals surface area contributed by atoms with Crippen LogP contribution < -0.4 is 5.73 Å². The number of hydrogen-bond donors (Lipinski definition) is 1. The van der Waals surface area contributed by atoms with Crippen molar-refractivity contribution in [3.8, 4) is 0 Å². The molecule has 0 aliphatic rings. The highest BCUT2D eigenvalue weighted by molar-refractivity contribution is 5.23. The maximum atomic E-state index is 13.0. The second kappa shape index (κ2) is 4.45. The average Bonchev–Trinajstić information content (AvgIpc) is 2.68. The molecule has 0 amide bonds. The van der Waals surface area contributed by atoms with E-state index in [0.717, 1.165) is 11.6 Å². The molecule has 0 bridgehead atoms. The minimum atomic E-state index is -0.613. The molecule has 0 saturated carbocycles. The molecule has 1 aromatic heterocycles. The Kier molecular flexibility index (Phi) is 3.01. The van der Waals surface area contributed by atoms with Crippen molar-refractivity contribution in [1.82, 2.24) is 0 Å². The minimum absolute atomic E-state index is 0.442. The lowest BCUT2D eigenvalue weighted by Crippen LogP contribution is -2.13. The molecule has 0 aliphatic heterocycles. The summed E-state index contributed by atoms with van der Waals surface area (Å²) in [6.45, 7) is 0. The molecule has 16 heavy (non-hydrogen) atoms. The maximum absolute atomic E-state index is 13.0. The van der Waals surface area contributed by atoms with Crippen molar-refractivity contribution in [2.75, 3.05) is 0 Å². The quantitative estimate of drug-likeness (QED) is 0.868. The summed E-state index contributed by atoms with van der Waals surface area (Å²) in [5.41, 5.74) is 7.19. The summed E-state index contributed by atoms with van der Waals surface area (Å²) in [5.74, 6) is -1.23. The van der Waals surface area contributed by atoms with E-state index in [-0.39, 0.29) is 0 Å². The Morgan fingerprint density at radius 1 is 1.19 bits per heavy atom. The van der Waals surface area contributed by atoms with Gasteiger partial charge in [-0.25, -0.2) is 8.78 Å². The molecule has 1 unspecified atom stereocenters. The Labute approximate surface area is 91.7 Å². The lowest BCUT2D eigenvalue weighted by atomic mass is 10.0. The number of benzene rings is 1. The Hall–Kier alpha value is -1.68. The van der Waals surface area contributed by atoms with E-state index in [1.54, 1.807) is 12.3 Å². The Morgan fingerprint density at radius 3 is 2.44 bits per heavy atom. The third kappa shape index (κ3) is 2.46. The highest BCUT2D eigenvalue weighted by Gasteiger charge is 2.10. The van der Waals surface area contributed by atoms with Crippen molar-refractivity contribution in [2.45, 2.75) is 12.5 Å². The molecular formula is C12H11F2NO. The Balaban J connectivity index is 2.17. The zero-order chi connectivity index (χ0) is 11.5. The first-order valence-electron chi connectivity index (χ1n) is 4.88. The largest absolute Gasteiger partial charge is 0.472 e. The lowest BCUT2D eigenvalue weighted by Gasteiger charge is -2.10. The van der Waals surface area contributed by atoms with Crippen LogP contribution in [-0.4, -0.2) is 0 Å². The summed E-state index contributed by atoms with van der Waals surface area (Å²) in [5, 5.41) is 0. The molecule has 0 fully saturated rings. The van der Waals surface area contributed by atoms with Crippen LogP contribution in [0.5, 0.6) is 0 Å². The van der Waals surface area contributed by atoms with E-state index in [1.807, 2.05) is 0 Å². The van der Waals surface area contributed by atoms with Crippen LogP contribution in [0.2, 0.25) is 0 Å². The summed E-state index contributed by atoms with van der Waals surface area (Å²) in [4.78, 5) is 0. The smallest absolute Gasteiger partial charge is 0.126 e. The number of halogens is 2. The summed E-state index contributed by atoms with van der Waals surface area (Å²) in [6, 6.07) is 4.65. The topological polar surface area (TPSA) is 39.2 Å². The molecule has 4 heteroatoms. The van der Waals surface area contributed by atoms with Gasteiger partial charge in [-0.3, -0.25) is 0 Å². The van der Waals surface area contributed by atoms with Crippen molar-refractivity contribution < 1.29 is 13.2 Å². The van der Waals surface area contributed by atoms with Gasteiger partial charge in [-0.2, -0.15) is 0 Å². The fourth-order valence-electron chi connectivity index (χ4n) is 1.57. The predicted molar refractivity (Wildman–Crippen MR) is 55.7 cm³/mol. The summed E-state index contributed by atoms with van der Waals surface area (Å²) in [6.07, 6.45) is 3.59. The number of nitrogens with two attached hydrogens (primary N) is 1. The first-order chi connectivity index (χ1) is 7.65. The molecule has 0 saturated heterocycles. The highest BCUT2D eigenvalue weighted by atomic mass is 19.1. The van der Waals surface area contributed by atoms with Crippen LogP contribution in [-0.2, 0) is 6.42 Å². The normalized spacial score (nSPS) is 12.7. The third-order valence-corrected chi connectivity index (χ3v) is 2.35. The van der Waals surface area contributed by atoms with Gasteiger partial charge in [-0.15, -0.1) is 0 Å². The zero-order valence-corrected chi connectivity index (χ0v) is 8.49. The van der Waals surface area contributed by atoms with Gasteiger partial charge >= 0.3 is 0 Å². The van der Waals surface area contributed by atoms with Crippen LogP contribution in [0.15, 0.2) is 41.2 Å². The monoisotopic (exact) mass is 223 g/mol. The molecule has 2 nitrogen and oxygen atoms in total. The zero-order valence-electron chi connectivity index (χ0n) is 8.49. The minimum Gasteiger partial charge on any atom is -0.472 e. The molecule has 2 N–H and O–H groups in total. The Bertz CT molecular complexity index is 448. The van der Waals surface area contributed by atoms with Crippen LogP contribution in [0.4, 0.5) is 8.78 Å². The molecule has 1 heterocycles. The van der Waals surface area contributed by atoms with Crippen LogP contribution in [0.25, 0.3) is 0 Å². The summed E-state index contributed by atoms with van der Waals surface area (Å²) >= 11 is 0. The summed E-state index contributed by atoms with van der Waals surface area (Å²) in [7, 11) is 0. The van der Waals surface area contributed by atoms with Gasteiger partial charge in [-0.05, 0) is 35.7 Å². The lowest BCUT2D eigenvalue weighted by molar-refractivity contribution is 0.559. The molecule has 1 aromatic carbocycles. The fourth-order valence-corrected chi connectivity index (χ4v) is 1.57. The SMILES string of the molecule is NC(Cc1ccoc1)c1cc(F)cc(F)c1. The van der Waals surface area contributed by atoms with Gasteiger partial charge in [0.1, 0.15) is 11.6 Å². The second-order valence-electron chi connectivity index (χ2n) is 3.64. The van der Waals surface area contributed by atoms with Gasteiger partial charge in [0.2, 0.25) is 0 Å². The van der Waals surface area contributed by atoms with Gasteiger partial charge < -0.3 is 10.2 Å². The number of hydrogen-bond acceptors (Lipinski definition) is 2. The number of rotatable bonds is 3. The summed E-state index contributed by atoms with van der Waals surface area (Å²) < 4.78 is 30.8. The van der Waals surface area contributed by atoms with E-state index in [1.165, 1.54) is 18.4 Å². The van der Waals surface area contributed by atoms with Crippen LogP contribution in [0.3, 0.4) is 0 Å². The van der Waals surface area contributed by atoms with Gasteiger partial charge in [0.15, 0.2) is 0 Å². The highest BCUT2D eigenvalue weighted by Crippen LogP contribution is 2.18. The van der Waals surface area contributed by atoms with Crippen molar-refractivity contribution in [3.63, 3.8) is 0 Å². The van der Waals surface area contributed by atoms with Crippen molar-refractivity contribution in [1.29, 1.82) is 0 Å². The molecular weight excluding hydrogens is 212 g/mol. The van der Waals surface area contributed by atoms with E-state index in [2.05, 4.69) is 0 Å². The first-order valence-corrected chi connectivity index (χ1v) is 4.88. The van der Waals surface area contributed by atoms with E-state index in [9.17, 15) is 8.78 Å². The van der Waals surface area contributed by atoms with E-state index in [4.69, 9.17) is 10.2 Å². The van der Waals surface area contributed by atoms with Crippen molar-refractivity contribution >= 4 is 0 Å². The average molecular weight is 223 g/mol. The van der Waals surface area contributed by atoms with E-state index >= 15 is 0 Å². The maximum Gasteiger partial charge on any atom is 0.126 e. The van der Waals surface area contributed by atoms with E-state index in [0.29, 0.717) is 12.0 Å². The van der Waals surface area contributed by atoms with E-state index < -0.39 is 17.7 Å². The molecule has 2 rings (SSSR count). The molecule has 2 aromatic rings. The Morgan fingerprint density at radius 2 is 1.88 bits per heavy atom. The molecule has 84 valence electrons. The molecule has 0 aliphatic carbocycles. The first kappa shape index (κ1) is 10.8.